The van der Waals surface area contributed by atoms with Crippen molar-refractivity contribution in [1.82, 2.24) is 9.97 Å². The largest absolute Gasteiger partial charge is 0.490 e. The highest BCUT2D eigenvalue weighted by Crippen LogP contribution is 2.24. The summed E-state index contributed by atoms with van der Waals surface area (Å²) in [4.78, 5) is 9.99. The third-order valence-electron chi connectivity index (χ3n) is 1.52. The molecule has 1 aromatic rings. The Morgan fingerprint density at radius 2 is 1.92 bits per heavy atom. The van der Waals surface area contributed by atoms with Gasteiger partial charge in [-0.25, -0.2) is 4.98 Å². The van der Waals surface area contributed by atoms with Gasteiger partial charge < -0.3 is 14.4 Å². The molecule has 5 nitrogen and oxygen atoms in total. The van der Waals surface area contributed by atoms with Crippen LogP contribution in [0.3, 0.4) is 0 Å². The molecule has 0 saturated carbocycles. The molecule has 0 aliphatic rings. The van der Waals surface area contributed by atoms with Crippen molar-refractivity contribution < 1.29 is 9.47 Å². The molecule has 0 aromatic carbocycles. The lowest BCUT2D eigenvalue weighted by Gasteiger charge is -2.12. The fraction of sp³-hybridized carbons (Fsp3) is 0.500. The highest BCUT2D eigenvalue weighted by Gasteiger charge is 2.08. The van der Waals surface area contributed by atoms with Gasteiger partial charge in [-0.1, -0.05) is 0 Å². The number of hydrogen-bond acceptors (Lipinski definition) is 5. The van der Waals surface area contributed by atoms with Crippen LogP contribution >= 0.6 is 0 Å². The van der Waals surface area contributed by atoms with Crippen molar-refractivity contribution in [3.8, 4) is 11.6 Å². The molecule has 0 aliphatic heterocycles. The van der Waals surface area contributed by atoms with Gasteiger partial charge in [-0.15, -0.1) is 0 Å². The maximum Gasteiger partial charge on any atom is 0.261 e. The molecular weight excluding hydrogens is 170 g/mol. The van der Waals surface area contributed by atoms with E-state index in [1.807, 2.05) is 14.1 Å². The van der Waals surface area contributed by atoms with Gasteiger partial charge in [0.25, 0.3) is 5.88 Å². The molecule has 0 fully saturated rings. The number of anilines is 1. The minimum absolute atomic E-state index is 0.446. The number of rotatable bonds is 3. The summed E-state index contributed by atoms with van der Waals surface area (Å²) < 4.78 is 10.0. The first kappa shape index (κ1) is 9.57. The maximum absolute atomic E-state index is 5.02. The Morgan fingerprint density at radius 3 is 2.38 bits per heavy atom. The summed E-state index contributed by atoms with van der Waals surface area (Å²) in [5.41, 5.74) is 0. The molecule has 1 rings (SSSR count). The second kappa shape index (κ2) is 3.93. The molecule has 0 amide bonds. The normalized spacial score (nSPS) is 9.54. The zero-order valence-electron chi connectivity index (χ0n) is 8.24. The molecule has 5 heteroatoms. The quantitative estimate of drug-likeness (QED) is 0.685. The first-order valence-corrected chi connectivity index (χ1v) is 3.81. The van der Waals surface area contributed by atoms with Gasteiger partial charge in [-0.2, -0.15) is 4.98 Å². The summed E-state index contributed by atoms with van der Waals surface area (Å²) in [6, 6.07) is 0. The van der Waals surface area contributed by atoms with Gasteiger partial charge in [0.1, 0.15) is 0 Å². The Bertz CT molecular complexity index is 289. The average molecular weight is 183 g/mol. The van der Waals surface area contributed by atoms with Gasteiger partial charge in [-0.05, 0) is 0 Å². The van der Waals surface area contributed by atoms with Crippen LogP contribution in [0.2, 0.25) is 0 Å². The van der Waals surface area contributed by atoms with Crippen molar-refractivity contribution in [1.29, 1.82) is 0 Å². The summed E-state index contributed by atoms with van der Waals surface area (Å²) in [6.45, 7) is 0. The van der Waals surface area contributed by atoms with Crippen LogP contribution in [0, 0.1) is 0 Å². The van der Waals surface area contributed by atoms with E-state index in [1.165, 1.54) is 0 Å². The Hall–Kier alpha value is -1.52. The van der Waals surface area contributed by atoms with Crippen molar-refractivity contribution in [2.24, 2.45) is 0 Å². The molecule has 0 saturated heterocycles. The molecule has 0 unspecified atom stereocenters. The SMILES string of the molecule is COc1cnc(N(C)C)nc1OC. The number of nitrogens with zero attached hydrogens (tertiary/aromatic N) is 3. The van der Waals surface area contributed by atoms with Crippen LogP contribution in [-0.2, 0) is 0 Å². The number of methoxy groups -OCH3 is 2. The van der Waals surface area contributed by atoms with E-state index < -0.39 is 0 Å². The van der Waals surface area contributed by atoms with Crippen molar-refractivity contribution in [2.45, 2.75) is 0 Å². The summed E-state index contributed by atoms with van der Waals surface area (Å²) in [5, 5.41) is 0. The fourth-order valence-corrected chi connectivity index (χ4v) is 0.848. The van der Waals surface area contributed by atoms with Crippen molar-refractivity contribution in [3.63, 3.8) is 0 Å². The van der Waals surface area contributed by atoms with Gasteiger partial charge in [0.2, 0.25) is 5.95 Å². The highest BCUT2D eigenvalue weighted by atomic mass is 16.5. The first-order chi connectivity index (χ1) is 6.19. The topological polar surface area (TPSA) is 47.5 Å². The van der Waals surface area contributed by atoms with Crippen LogP contribution in [0.25, 0.3) is 0 Å². The first-order valence-electron chi connectivity index (χ1n) is 3.81. The smallest absolute Gasteiger partial charge is 0.261 e. The second-order valence-electron chi connectivity index (χ2n) is 2.64. The van der Waals surface area contributed by atoms with Crippen LogP contribution in [0.1, 0.15) is 0 Å². The van der Waals surface area contributed by atoms with Crippen molar-refractivity contribution in [3.05, 3.63) is 6.20 Å². The lowest BCUT2D eigenvalue weighted by molar-refractivity contribution is 0.341. The highest BCUT2D eigenvalue weighted by molar-refractivity contribution is 5.38. The van der Waals surface area contributed by atoms with Crippen molar-refractivity contribution in [2.75, 3.05) is 33.2 Å². The molecule has 1 aromatic heterocycles. The minimum Gasteiger partial charge on any atom is -0.490 e. The Balaban J connectivity index is 3.05. The summed E-state index contributed by atoms with van der Waals surface area (Å²) in [5.74, 6) is 1.58. The third kappa shape index (κ3) is 1.99. The third-order valence-corrected chi connectivity index (χ3v) is 1.52. The van der Waals surface area contributed by atoms with Crippen LogP contribution < -0.4 is 14.4 Å². The lowest BCUT2D eigenvalue weighted by Crippen LogP contribution is -2.13. The zero-order valence-corrected chi connectivity index (χ0v) is 8.24. The van der Waals surface area contributed by atoms with E-state index in [1.54, 1.807) is 25.3 Å². The van der Waals surface area contributed by atoms with Crippen LogP contribution in [0.5, 0.6) is 11.6 Å². The Morgan fingerprint density at radius 1 is 1.23 bits per heavy atom. The molecule has 72 valence electrons. The van der Waals surface area contributed by atoms with Gasteiger partial charge in [0.15, 0.2) is 5.75 Å². The van der Waals surface area contributed by atoms with Gasteiger partial charge in [-0.3, -0.25) is 0 Å². The van der Waals surface area contributed by atoms with Crippen LogP contribution in [0.4, 0.5) is 5.95 Å². The Labute approximate surface area is 77.3 Å². The number of ether oxygens (including phenoxy) is 2. The minimum atomic E-state index is 0.446. The number of aromatic nitrogens is 2. The average Bonchev–Trinajstić information content (AvgIpc) is 2.16. The van der Waals surface area contributed by atoms with Gasteiger partial charge in [0.05, 0.1) is 20.4 Å². The molecule has 13 heavy (non-hydrogen) atoms. The molecule has 0 bridgehead atoms. The van der Waals surface area contributed by atoms with Gasteiger partial charge in [0, 0.05) is 14.1 Å². The molecular formula is C8H13N3O2. The molecule has 0 spiro atoms. The zero-order chi connectivity index (χ0) is 9.84. The van der Waals surface area contributed by atoms with E-state index in [4.69, 9.17) is 9.47 Å². The predicted octanol–water partition coefficient (Wildman–Crippen LogP) is 0.560. The molecule has 0 radical (unpaired) electrons. The summed E-state index contributed by atoms with van der Waals surface area (Å²) in [7, 11) is 6.82. The van der Waals surface area contributed by atoms with E-state index in [2.05, 4.69) is 9.97 Å². The van der Waals surface area contributed by atoms with Crippen molar-refractivity contribution >= 4 is 5.95 Å². The molecule has 0 N–H and O–H groups in total. The predicted molar refractivity (Wildman–Crippen MR) is 49.5 cm³/mol. The molecule has 0 aliphatic carbocycles. The van der Waals surface area contributed by atoms with E-state index in [9.17, 15) is 0 Å². The van der Waals surface area contributed by atoms with Crippen LogP contribution in [0.15, 0.2) is 6.20 Å². The van der Waals surface area contributed by atoms with E-state index in [-0.39, 0.29) is 0 Å². The van der Waals surface area contributed by atoms with Crippen LogP contribution in [-0.4, -0.2) is 38.3 Å². The number of hydrogen-bond donors (Lipinski definition) is 0. The molecule has 1 heterocycles. The fourth-order valence-electron chi connectivity index (χ4n) is 0.848. The maximum atomic E-state index is 5.02. The van der Waals surface area contributed by atoms with E-state index in [0.717, 1.165) is 0 Å². The van der Waals surface area contributed by atoms with E-state index >= 15 is 0 Å². The summed E-state index contributed by atoms with van der Waals surface area (Å²) in [6.07, 6.45) is 1.58. The Kier molecular flexibility index (Phi) is 2.89. The lowest BCUT2D eigenvalue weighted by atomic mass is 10.5. The molecule has 0 atom stereocenters. The summed E-state index contributed by atoms with van der Waals surface area (Å²) >= 11 is 0. The monoisotopic (exact) mass is 183 g/mol. The standard InChI is InChI=1S/C8H13N3O2/c1-11(2)8-9-5-6(12-3)7(10-8)13-4/h5H,1-4H3. The van der Waals surface area contributed by atoms with Gasteiger partial charge >= 0.3 is 0 Å². The van der Waals surface area contributed by atoms with E-state index in [0.29, 0.717) is 17.6 Å². The second-order valence-corrected chi connectivity index (χ2v) is 2.64.